The number of benzene rings is 1. The summed E-state index contributed by atoms with van der Waals surface area (Å²) >= 11 is 0. The van der Waals surface area contributed by atoms with Gasteiger partial charge in [0.05, 0.1) is 0 Å². The highest BCUT2D eigenvalue weighted by atomic mass is 15.2. The zero-order valence-corrected chi connectivity index (χ0v) is 10.8. The number of piperidine rings is 1. The van der Waals surface area contributed by atoms with Gasteiger partial charge in [-0.25, -0.2) is 0 Å². The largest absolute Gasteiger partial charge is 0.330 e. The third kappa shape index (κ3) is 3.30. The molecule has 0 bridgehead atoms. The lowest BCUT2D eigenvalue weighted by Crippen LogP contribution is -2.41. The molecule has 1 fully saturated rings. The lowest BCUT2D eigenvalue weighted by atomic mass is 9.96. The van der Waals surface area contributed by atoms with Gasteiger partial charge < -0.3 is 10.6 Å². The van der Waals surface area contributed by atoms with E-state index in [0.717, 1.165) is 19.1 Å². The molecule has 2 nitrogen and oxygen atoms in total. The zero-order valence-electron chi connectivity index (χ0n) is 10.8. The first-order valence-electron chi connectivity index (χ1n) is 6.80. The summed E-state index contributed by atoms with van der Waals surface area (Å²) in [7, 11) is 0. The fraction of sp³-hybridized carbons (Fsp3) is 0.600. The van der Waals surface area contributed by atoms with E-state index in [1.54, 1.807) is 0 Å². The van der Waals surface area contributed by atoms with Crippen LogP contribution in [-0.4, -0.2) is 30.6 Å². The van der Waals surface area contributed by atoms with Crippen LogP contribution in [0.4, 0.5) is 0 Å². The summed E-state index contributed by atoms with van der Waals surface area (Å²) < 4.78 is 0. The molecular weight excluding hydrogens is 208 g/mol. The molecule has 2 N–H and O–H groups in total. The Morgan fingerprint density at radius 3 is 2.71 bits per heavy atom. The van der Waals surface area contributed by atoms with Gasteiger partial charge in [0.1, 0.15) is 0 Å². The molecule has 0 saturated carbocycles. The molecule has 0 amide bonds. The molecule has 2 heteroatoms. The molecule has 1 heterocycles. The van der Waals surface area contributed by atoms with E-state index in [4.69, 9.17) is 5.73 Å². The summed E-state index contributed by atoms with van der Waals surface area (Å²) in [4.78, 5) is 2.61. The fourth-order valence-corrected chi connectivity index (χ4v) is 2.75. The Morgan fingerprint density at radius 1 is 1.29 bits per heavy atom. The Kier molecular flexibility index (Phi) is 4.57. The molecule has 1 aromatic carbocycles. The highest BCUT2D eigenvalue weighted by molar-refractivity contribution is 5.20. The molecule has 0 aliphatic carbocycles. The molecule has 0 radical (unpaired) electrons. The standard InChI is InChI=1S/C15H24N2/c1-13-7-5-6-10-17(13)12-15(11-16)14-8-3-2-4-9-14/h2-4,8-9,13,15H,5-7,10-12,16H2,1H3. The van der Waals surface area contributed by atoms with Gasteiger partial charge in [-0.2, -0.15) is 0 Å². The molecule has 0 spiro atoms. The second-order valence-electron chi connectivity index (χ2n) is 5.18. The van der Waals surface area contributed by atoms with Crippen molar-refractivity contribution in [2.24, 2.45) is 5.73 Å². The smallest absolute Gasteiger partial charge is 0.00889 e. The summed E-state index contributed by atoms with van der Waals surface area (Å²) in [5.74, 6) is 0.483. The van der Waals surface area contributed by atoms with Crippen molar-refractivity contribution in [1.29, 1.82) is 0 Å². The number of rotatable bonds is 4. The van der Waals surface area contributed by atoms with Crippen LogP contribution in [-0.2, 0) is 0 Å². The lowest BCUT2D eigenvalue weighted by Gasteiger charge is -2.35. The SMILES string of the molecule is CC1CCCCN1CC(CN)c1ccccc1. The first-order chi connectivity index (χ1) is 8.31. The van der Waals surface area contributed by atoms with Gasteiger partial charge in [0.15, 0.2) is 0 Å². The van der Waals surface area contributed by atoms with Gasteiger partial charge in [-0.05, 0) is 31.9 Å². The third-order valence-corrected chi connectivity index (χ3v) is 3.95. The molecule has 1 aromatic rings. The predicted octanol–water partition coefficient (Wildman–Crippen LogP) is 2.60. The molecule has 2 unspecified atom stereocenters. The van der Waals surface area contributed by atoms with Crippen molar-refractivity contribution in [3.8, 4) is 0 Å². The second kappa shape index (κ2) is 6.18. The van der Waals surface area contributed by atoms with Crippen molar-refractivity contribution >= 4 is 0 Å². The van der Waals surface area contributed by atoms with Crippen LogP contribution < -0.4 is 5.73 Å². The third-order valence-electron chi connectivity index (χ3n) is 3.95. The Labute approximate surface area is 105 Å². The minimum Gasteiger partial charge on any atom is -0.330 e. The summed E-state index contributed by atoms with van der Waals surface area (Å²) in [6.45, 7) is 5.44. The van der Waals surface area contributed by atoms with Crippen molar-refractivity contribution in [2.75, 3.05) is 19.6 Å². The lowest BCUT2D eigenvalue weighted by molar-refractivity contribution is 0.152. The number of nitrogens with zero attached hydrogens (tertiary/aromatic N) is 1. The van der Waals surface area contributed by atoms with E-state index in [9.17, 15) is 0 Å². The van der Waals surface area contributed by atoms with Crippen LogP contribution in [0, 0.1) is 0 Å². The Balaban J connectivity index is 1.99. The maximum absolute atomic E-state index is 5.94. The minimum atomic E-state index is 0.483. The summed E-state index contributed by atoms with van der Waals surface area (Å²) in [6.07, 6.45) is 4.07. The van der Waals surface area contributed by atoms with Crippen LogP contribution in [0.15, 0.2) is 30.3 Å². The molecule has 1 saturated heterocycles. The highest BCUT2D eigenvalue weighted by Gasteiger charge is 2.21. The monoisotopic (exact) mass is 232 g/mol. The summed E-state index contributed by atoms with van der Waals surface area (Å²) in [6, 6.07) is 11.4. The van der Waals surface area contributed by atoms with E-state index in [1.807, 2.05) is 0 Å². The Bertz CT molecular complexity index is 323. The Hall–Kier alpha value is -0.860. The van der Waals surface area contributed by atoms with Crippen molar-refractivity contribution in [3.05, 3.63) is 35.9 Å². The van der Waals surface area contributed by atoms with Crippen molar-refractivity contribution in [3.63, 3.8) is 0 Å². The highest BCUT2D eigenvalue weighted by Crippen LogP contribution is 2.22. The van der Waals surface area contributed by atoms with Gasteiger partial charge in [0.2, 0.25) is 0 Å². The van der Waals surface area contributed by atoms with Gasteiger partial charge in [-0.3, -0.25) is 0 Å². The average molecular weight is 232 g/mol. The van der Waals surface area contributed by atoms with E-state index >= 15 is 0 Å². The van der Waals surface area contributed by atoms with Crippen LogP contribution in [0.25, 0.3) is 0 Å². The number of hydrogen-bond donors (Lipinski definition) is 1. The quantitative estimate of drug-likeness (QED) is 0.864. The van der Waals surface area contributed by atoms with Crippen LogP contribution in [0.2, 0.25) is 0 Å². The van der Waals surface area contributed by atoms with E-state index in [0.29, 0.717) is 5.92 Å². The maximum atomic E-state index is 5.94. The van der Waals surface area contributed by atoms with Gasteiger partial charge in [0, 0.05) is 25.0 Å². The first-order valence-corrected chi connectivity index (χ1v) is 6.80. The molecule has 2 rings (SSSR count). The average Bonchev–Trinajstić information content (AvgIpc) is 2.39. The molecule has 94 valence electrons. The number of likely N-dealkylation sites (tertiary alicyclic amines) is 1. The second-order valence-corrected chi connectivity index (χ2v) is 5.18. The number of hydrogen-bond acceptors (Lipinski definition) is 2. The molecular formula is C15H24N2. The van der Waals surface area contributed by atoms with Gasteiger partial charge in [0.25, 0.3) is 0 Å². The molecule has 1 aliphatic heterocycles. The number of nitrogens with two attached hydrogens (primary N) is 1. The molecule has 0 aromatic heterocycles. The van der Waals surface area contributed by atoms with Crippen molar-refractivity contribution < 1.29 is 0 Å². The maximum Gasteiger partial charge on any atom is 0.00889 e. The topological polar surface area (TPSA) is 29.3 Å². The zero-order chi connectivity index (χ0) is 12.1. The first kappa shape index (κ1) is 12.6. The van der Waals surface area contributed by atoms with Crippen molar-refractivity contribution in [1.82, 2.24) is 4.90 Å². The molecule has 17 heavy (non-hydrogen) atoms. The van der Waals surface area contributed by atoms with Crippen LogP contribution in [0.5, 0.6) is 0 Å². The van der Waals surface area contributed by atoms with E-state index in [1.165, 1.54) is 31.4 Å². The van der Waals surface area contributed by atoms with E-state index in [-0.39, 0.29) is 0 Å². The minimum absolute atomic E-state index is 0.483. The van der Waals surface area contributed by atoms with Gasteiger partial charge in [-0.1, -0.05) is 36.8 Å². The van der Waals surface area contributed by atoms with E-state index < -0.39 is 0 Å². The molecule has 2 atom stereocenters. The Morgan fingerprint density at radius 2 is 2.06 bits per heavy atom. The van der Waals surface area contributed by atoms with Crippen LogP contribution in [0.1, 0.15) is 37.7 Å². The van der Waals surface area contributed by atoms with Crippen LogP contribution >= 0.6 is 0 Å². The van der Waals surface area contributed by atoms with Gasteiger partial charge >= 0.3 is 0 Å². The van der Waals surface area contributed by atoms with E-state index in [2.05, 4.69) is 42.2 Å². The summed E-state index contributed by atoms with van der Waals surface area (Å²) in [5, 5.41) is 0. The van der Waals surface area contributed by atoms with Gasteiger partial charge in [-0.15, -0.1) is 0 Å². The van der Waals surface area contributed by atoms with Crippen molar-refractivity contribution in [2.45, 2.75) is 38.1 Å². The molecule has 1 aliphatic rings. The normalized spacial score (nSPS) is 23.5. The predicted molar refractivity (Wildman–Crippen MR) is 73.1 cm³/mol. The fourth-order valence-electron chi connectivity index (χ4n) is 2.75. The summed E-state index contributed by atoms with van der Waals surface area (Å²) in [5.41, 5.74) is 7.32. The van der Waals surface area contributed by atoms with Crippen LogP contribution in [0.3, 0.4) is 0 Å².